The van der Waals surface area contributed by atoms with Crippen molar-refractivity contribution in [2.45, 2.75) is 56.1 Å². The fourth-order valence-electron chi connectivity index (χ4n) is 5.09. The van der Waals surface area contributed by atoms with E-state index >= 15 is 0 Å². The van der Waals surface area contributed by atoms with Crippen molar-refractivity contribution < 1.29 is 17.9 Å². The molecule has 0 radical (unpaired) electrons. The van der Waals surface area contributed by atoms with E-state index in [1.54, 1.807) is 21.8 Å². The molecule has 11 heteroatoms. The predicted molar refractivity (Wildman–Crippen MR) is 135 cm³/mol. The lowest BCUT2D eigenvalue weighted by Gasteiger charge is -2.39. The molecule has 3 aliphatic heterocycles. The number of aryl methyl sites for hydroxylation is 1. The van der Waals surface area contributed by atoms with E-state index in [0.717, 1.165) is 35.2 Å². The Kier molecular flexibility index (Phi) is 5.36. The minimum absolute atomic E-state index is 0.0217. The van der Waals surface area contributed by atoms with Crippen LogP contribution < -0.4 is 9.62 Å². The van der Waals surface area contributed by atoms with Crippen LogP contribution in [0.3, 0.4) is 0 Å². The van der Waals surface area contributed by atoms with Crippen molar-refractivity contribution in [3.05, 3.63) is 47.3 Å². The zero-order chi connectivity index (χ0) is 25.2. The van der Waals surface area contributed by atoms with Gasteiger partial charge in [0, 0.05) is 29.9 Å². The van der Waals surface area contributed by atoms with Crippen molar-refractivity contribution in [2.24, 2.45) is 12.0 Å². The van der Waals surface area contributed by atoms with Crippen LogP contribution in [-0.4, -0.2) is 66.3 Å². The SMILES string of the molecule is C[C@@H]1CN=C2N(Cc3cnn(C)c3)C(=O)c3cc(S(=O)(=O)NC4(C)CC4)cc(C4=CCOCC4)c3N21. The standard InChI is InChI=1S/C25H30N6O4S/c1-16-12-26-24-30(15-17-13-27-29(3)14-17)23(32)21-11-19(36(33,34)28-25(2)6-7-25)10-20(22(21)31(16)24)18-4-8-35-9-5-18/h4,10-11,13-14,16,28H,5-9,12,15H2,1-3H3/t16-/m1/s1. The Morgan fingerprint density at radius 1 is 1.25 bits per heavy atom. The molecule has 1 atom stereocenters. The summed E-state index contributed by atoms with van der Waals surface area (Å²) in [5, 5.41) is 4.23. The number of fused-ring (bicyclic) bond motifs is 3. The fraction of sp³-hybridized carbons (Fsp3) is 0.480. The number of aromatic nitrogens is 2. The van der Waals surface area contributed by atoms with Crippen LogP contribution in [0.2, 0.25) is 0 Å². The Morgan fingerprint density at radius 2 is 2.03 bits per heavy atom. The Balaban J connectivity index is 1.52. The Bertz CT molecular complexity index is 1420. The van der Waals surface area contributed by atoms with Gasteiger partial charge in [0.1, 0.15) is 0 Å². The van der Waals surface area contributed by atoms with Crippen molar-refractivity contribution in [1.82, 2.24) is 19.4 Å². The lowest BCUT2D eigenvalue weighted by atomic mass is 9.93. The molecule has 0 saturated heterocycles. The van der Waals surface area contributed by atoms with Crippen LogP contribution in [0.1, 0.15) is 54.6 Å². The van der Waals surface area contributed by atoms with Gasteiger partial charge in [0.25, 0.3) is 5.91 Å². The van der Waals surface area contributed by atoms with Gasteiger partial charge < -0.3 is 9.64 Å². The van der Waals surface area contributed by atoms with Crippen molar-refractivity contribution in [2.75, 3.05) is 24.7 Å². The van der Waals surface area contributed by atoms with Gasteiger partial charge in [0.2, 0.25) is 16.0 Å². The van der Waals surface area contributed by atoms with E-state index in [1.165, 1.54) is 6.07 Å². The Hall–Kier alpha value is -3.02. The quantitative estimate of drug-likeness (QED) is 0.639. The molecule has 4 aliphatic rings. The number of anilines is 1. The first-order valence-corrected chi connectivity index (χ1v) is 13.8. The number of ether oxygens (including phenoxy) is 1. The summed E-state index contributed by atoms with van der Waals surface area (Å²) in [6.07, 6.45) is 7.82. The van der Waals surface area contributed by atoms with E-state index in [2.05, 4.69) is 21.6 Å². The summed E-state index contributed by atoms with van der Waals surface area (Å²) in [6, 6.07) is 3.28. The highest BCUT2D eigenvalue weighted by atomic mass is 32.2. The second-order valence-corrected chi connectivity index (χ2v) is 12.0. The lowest BCUT2D eigenvalue weighted by Crippen LogP contribution is -2.52. The maximum atomic E-state index is 14.0. The van der Waals surface area contributed by atoms with Crippen LogP contribution in [0.25, 0.3) is 5.57 Å². The summed E-state index contributed by atoms with van der Waals surface area (Å²) in [5.74, 6) is 0.332. The van der Waals surface area contributed by atoms with E-state index < -0.39 is 15.6 Å². The predicted octanol–water partition coefficient (Wildman–Crippen LogP) is 2.28. The molecule has 1 aromatic heterocycles. The molecule has 10 nitrogen and oxygen atoms in total. The molecular weight excluding hydrogens is 480 g/mol. The molecule has 6 rings (SSSR count). The number of carbonyl (C=O) groups is 1. The highest BCUT2D eigenvalue weighted by molar-refractivity contribution is 7.89. The number of carbonyl (C=O) groups excluding carboxylic acids is 1. The molecule has 1 N–H and O–H groups in total. The van der Waals surface area contributed by atoms with Crippen LogP contribution >= 0.6 is 0 Å². The molecule has 0 unspecified atom stereocenters. The van der Waals surface area contributed by atoms with E-state index in [-0.39, 0.29) is 16.8 Å². The van der Waals surface area contributed by atoms with Gasteiger partial charge in [-0.05, 0) is 50.8 Å². The number of nitrogens with one attached hydrogen (secondary N) is 1. The summed E-state index contributed by atoms with van der Waals surface area (Å²) in [5.41, 5.74) is 3.30. The number of guanidine groups is 1. The number of benzene rings is 1. The third-order valence-electron chi connectivity index (χ3n) is 7.29. The summed E-state index contributed by atoms with van der Waals surface area (Å²) < 4.78 is 37.0. The smallest absolute Gasteiger partial charge is 0.263 e. The molecule has 1 aromatic carbocycles. The molecule has 4 heterocycles. The molecule has 1 aliphatic carbocycles. The minimum Gasteiger partial charge on any atom is -0.377 e. The highest BCUT2D eigenvalue weighted by Gasteiger charge is 2.45. The van der Waals surface area contributed by atoms with Crippen LogP contribution in [0, 0.1) is 0 Å². The first kappa shape index (κ1) is 23.4. The first-order valence-electron chi connectivity index (χ1n) is 12.3. The zero-order valence-electron chi connectivity index (χ0n) is 20.7. The molecule has 0 bridgehead atoms. The summed E-state index contributed by atoms with van der Waals surface area (Å²) >= 11 is 0. The third kappa shape index (κ3) is 3.95. The van der Waals surface area contributed by atoms with E-state index in [9.17, 15) is 13.2 Å². The molecule has 0 spiro atoms. The van der Waals surface area contributed by atoms with Crippen LogP contribution in [-0.2, 0) is 28.4 Å². The average molecular weight is 511 g/mol. The molecule has 36 heavy (non-hydrogen) atoms. The lowest BCUT2D eigenvalue weighted by molar-refractivity contribution is 0.0832. The number of hydrogen-bond donors (Lipinski definition) is 1. The number of rotatable bonds is 6. The monoisotopic (exact) mass is 510 g/mol. The van der Waals surface area contributed by atoms with Crippen molar-refractivity contribution in [1.29, 1.82) is 0 Å². The van der Waals surface area contributed by atoms with Gasteiger partial charge in [0.05, 0.1) is 54.7 Å². The summed E-state index contributed by atoms with van der Waals surface area (Å²) in [4.78, 5) is 22.6. The van der Waals surface area contributed by atoms with Crippen molar-refractivity contribution in [3.63, 3.8) is 0 Å². The number of aliphatic imine (C=N–C) groups is 1. The molecule has 1 amide bonds. The number of amides is 1. The van der Waals surface area contributed by atoms with Crippen molar-refractivity contribution >= 4 is 33.2 Å². The number of nitrogens with zero attached hydrogens (tertiary/aromatic N) is 5. The van der Waals surface area contributed by atoms with Gasteiger partial charge in [-0.1, -0.05) is 6.08 Å². The van der Waals surface area contributed by atoms with Gasteiger partial charge in [-0.2, -0.15) is 5.10 Å². The largest absolute Gasteiger partial charge is 0.377 e. The van der Waals surface area contributed by atoms with Gasteiger partial charge >= 0.3 is 0 Å². The molecule has 1 saturated carbocycles. The summed E-state index contributed by atoms with van der Waals surface area (Å²) in [7, 11) is -1.99. The second-order valence-electron chi connectivity index (χ2n) is 10.4. The topological polar surface area (TPSA) is 109 Å². The maximum Gasteiger partial charge on any atom is 0.263 e. The second kappa shape index (κ2) is 8.25. The Morgan fingerprint density at radius 3 is 2.69 bits per heavy atom. The fourth-order valence-corrected chi connectivity index (χ4v) is 6.61. The normalized spacial score (nSPS) is 22.8. The maximum absolute atomic E-state index is 14.0. The number of sulfonamides is 1. The first-order chi connectivity index (χ1) is 17.2. The van der Waals surface area contributed by atoms with Crippen molar-refractivity contribution in [3.8, 4) is 0 Å². The number of hydrogen-bond acceptors (Lipinski definition) is 7. The minimum atomic E-state index is -3.82. The van der Waals surface area contributed by atoms with E-state index in [0.29, 0.717) is 44.2 Å². The van der Waals surface area contributed by atoms with Gasteiger partial charge in [0.15, 0.2) is 0 Å². The van der Waals surface area contributed by atoms with Gasteiger partial charge in [-0.15, -0.1) is 0 Å². The molecule has 2 aromatic rings. The van der Waals surface area contributed by atoms with E-state index in [4.69, 9.17) is 9.73 Å². The molecule has 190 valence electrons. The third-order valence-corrected chi connectivity index (χ3v) is 8.91. The average Bonchev–Trinajstić information content (AvgIpc) is 3.22. The highest BCUT2D eigenvalue weighted by Crippen LogP contribution is 2.43. The Labute approximate surface area is 210 Å². The zero-order valence-corrected chi connectivity index (χ0v) is 21.5. The van der Waals surface area contributed by atoms with Gasteiger partial charge in [-0.25, -0.2) is 13.1 Å². The van der Waals surface area contributed by atoms with Crippen LogP contribution in [0.15, 0.2) is 40.5 Å². The van der Waals surface area contributed by atoms with E-state index in [1.807, 2.05) is 26.2 Å². The molecular formula is C25H30N6O4S. The molecule has 1 fully saturated rings. The van der Waals surface area contributed by atoms with Gasteiger partial charge in [-0.3, -0.25) is 19.4 Å². The summed E-state index contributed by atoms with van der Waals surface area (Å²) in [6.45, 7) is 5.82. The van der Waals surface area contributed by atoms with Crippen LogP contribution in [0.5, 0.6) is 0 Å². The van der Waals surface area contributed by atoms with Crippen LogP contribution in [0.4, 0.5) is 5.69 Å².